The van der Waals surface area contributed by atoms with Gasteiger partial charge in [-0.3, -0.25) is 9.69 Å². The van der Waals surface area contributed by atoms with Crippen molar-refractivity contribution in [2.24, 2.45) is 7.05 Å². The molecule has 0 aliphatic carbocycles. The number of hydrogen-bond acceptors (Lipinski definition) is 4. The molecule has 0 atom stereocenters. The van der Waals surface area contributed by atoms with E-state index in [9.17, 15) is 9.18 Å². The molecule has 126 valence electrons. The molecule has 3 rings (SSSR count). The SMILES string of the molecule is Cn1ncc(N2CCN(C/C=C/c3ccc(F)cc3)CC2)cc1=O. The van der Waals surface area contributed by atoms with Crippen molar-refractivity contribution in [1.29, 1.82) is 0 Å². The highest BCUT2D eigenvalue weighted by Crippen LogP contribution is 2.13. The normalized spacial score (nSPS) is 16.0. The highest BCUT2D eigenvalue weighted by atomic mass is 19.1. The van der Waals surface area contributed by atoms with E-state index < -0.39 is 0 Å². The average molecular weight is 328 g/mol. The largest absolute Gasteiger partial charge is 0.368 e. The Morgan fingerprint density at radius 2 is 1.88 bits per heavy atom. The van der Waals surface area contributed by atoms with Crippen molar-refractivity contribution in [2.45, 2.75) is 0 Å². The Bertz CT molecular complexity index is 761. The fourth-order valence-corrected chi connectivity index (χ4v) is 2.73. The van der Waals surface area contributed by atoms with Gasteiger partial charge in [-0.05, 0) is 17.7 Å². The van der Waals surface area contributed by atoms with Crippen LogP contribution in [0.15, 0.2) is 47.4 Å². The van der Waals surface area contributed by atoms with Gasteiger partial charge in [0.05, 0.1) is 11.9 Å². The van der Waals surface area contributed by atoms with Crippen LogP contribution in [0.4, 0.5) is 10.1 Å². The minimum atomic E-state index is -0.214. The molecule has 1 aliphatic rings. The molecule has 5 nitrogen and oxygen atoms in total. The van der Waals surface area contributed by atoms with Gasteiger partial charge in [0.25, 0.3) is 5.56 Å². The maximum absolute atomic E-state index is 12.9. The Kier molecular flexibility index (Phi) is 5.05. The number of benzene rings is 1. The molecule has 0 amide bonds. The molecule has 1 aromatic carbocycles. The van der Waals surface area contributed by atoms with E-state index in [1.54, 1.807) is 31.4 Å². The summed E-state index contributed by atoms with van der Waals surface area (Å²) in [6, 6.07) is 8.11. The van der Waals surface area contributed by atoms with E-state index in [2.05, 4.69) is 21.0 Å². The molecule has 1 fully saturated rings. The van der Waals surface area contributed by atoms with Gasteiger partial charge in [0, 0.05) is 45.8 Å². The molecule has 0 saturated carbocycles. The van der Waals surface area contributed by atoms with Crippen LogP contribution in [0, 0.1) is 5.82 Å². The average Bonchev–Trinajstić information content (AvgIpc) is 2.60. The monoisotopic (exact) mass is 328 g/mol. The second kappa shape index (κ2) is 7.40. The van der Waals surface area contributed by atoms with Crippen LogP contribution < -0.4 is 10.5 Å². The third kappa shape index (κ3) is 4.08. The molecular formula is C18H21FN4O. The van der Waals surface area contributed by atoms with Crippen LogP contribution in [-0.4, -0.2) is 47.4 Å². The molecule has 1 saturated heterocycles. The second-order valence-corrected chi connectivity index (χ2v) is 5.92. The van der Waals surface area contributed by atoms with Crippen LogP contribution in [0.1, 0.15) is 5.56 Å². The van der Waals surface area contributed by atoms with E-state index >= 15 is 0 Å². The standard InChI is InChI=1S/C18H21FN4O/c1-21-18(24)13-17(14-20-21)23-11-9-22(10-12-23)8-2-3-15-4-6-16(19)7-5-15/h2-7,13-14H,8-12H2,1H3/b3-2+. The Labute approximate surface area is 140 Å². The smallest absolute Gasteiger partial charge is 0.268 e. The number of anilines is 1. The Hall–Kier alpha value is -2.47. The Morgan fingerprint density at radius 3 is 2.54 bits per heavy atom. The van der Waals surface area contributed by atoms with Crippen molar-refractivity contribution >= 4 is 11.8 Å². The van der Waals surface area contributed by atoms with E-state index in [0.717, 1.165) is 44.0 Å². The fraction of sp³-hybridized carbons (Fsp3) is 0.333. The topological polar surface area (TPSA) is 41.4 Å². The molecule has 1 aromatic heterocycles. The molecular weight excluding hydrogens is 307 g/mol. The summed E-state index contributed by atoms with van der Waals surface area (Å²) >= 11 is 0. The molecule has 0 spiro atoms. The van der Waals surface area contributed by atoms with Crippen molar-refractivity contribution < 1.29 is 4.39 Å². The van der Waals surface area contributed by atoms with Crippen LogP contribution >= 0.6 is 0 Å². The minimum absolute atomic E-state index is 0.0860. The summed E-state index contributed by atoms with van der Waals surface area (Å²) in [5.41, 5.74) is 1.80. The highest BCUT2D eigenvalue weighted by Gasteiger charge is 2.16. The first kappa shape index (κ1) is 16.4. The van der Waals surface area contributed by atoms with Crippen molar-refractivity contribution in [3.63, 3.8) is 0 Å². The predicted molar refractivity (Wildman–Crippen MR) is 93.6 cm³/mol. The van der Waals surface area contributed by atoms with Gasteiger partial charge in [-0.2, -0.15) is 5.10 Å². The summed E-state index contributed by atoms with van der Waals surface area (Å²) in [6.07, 6.45) is 5.85. The molecule has 0 bridgehead atoms. The third-order valence-corrected chi connectivity index (χ3v) is 4.23. The Balaban J connectivity index is 1.50. The van der Waals surface area contributed by atoms with Crippen molar-refractivity contribution in [3.05, 3.63) is 64.3 Å². The number of halogens is 1. The lowest BCUT2D eigenvalue weighted by Gasteiger charge is -2.35. The van der Waals surface area contributed by atoms with E-state index in [0.29, 0.717) is 0 Å². The number of nitrogens with zero attached hydrogens (tertiary/aromatic N) is 4. The van der Waals surface area contributed by atoms with Crippen LogP contribution in [0.3, 0.4) is 0 Å². The maximum atomic E-state index is 12.9. The van der Waals surface area contributed by atoms with Gasteiger partial charge in [-0.1, -0.05) is 24.3 Å². The molecule has 0 N–H and O–H groups in total. The van der Waals surface area contributed by atoms with E-state index in [1.165, 1.54) is 16.8 Å². The third-order valence-electron chi connectivity index (χ3n) is 4.23. The van der Waals surface area contributed by atoms with Crippen LogP contribution in [0.2, 0.25) is 0 Å². The zero-order valence-electron chi connectivity index (χ0n) is 13.7. The lowest BCUT2D eigenvalue weighted by molar-refractivity contribution is 0.284. The van der Waals surface area contributed by atoms with Crippen molar-refractivity contribution in [3.8, 4) is 0 Å². The molecule has 24 heavy (non-hydrogen) atoms. The lowest BCUT2D eigenvalue weighted by Crippen LogP contribution is -2.46. The van der Waals surface area contributed by atoms with Gasteiger partial charge < -0.3 is 4.90 Å². The molecule has 0 radical (unpaired) electrons. The number of piperazine rings is 1. The van der Waals surface area contributed by atoms with Crippen LogP contribution in [-0.2, 0) is 7.05 Å². The zero-order valence-corrected chi connectivity index (χ0v) is 13.7. The molecule has 2 heterocycles. The first-order valence-electron chi connectivity index (χ1n) is 8.04. The summed E-state index contributed by atoms with van der Waals surface area (Å²) in [6.45, 7) is 4.48. The maximum Gasteiger partial charge on any atom is 0.268 e. The number of aromatic nitrogens is 2. The first-order valence-corrected chi connectivity index (χ1v) is 8.04. The van der Waals surface area contributed by atoms with Gasteiger partial charge in [0.15, 0.2) is 0 Å². The molecule has 6 heteroatoms. The van der Waals surface area contributed by atoms with Crippen LogP contribution in [0.5, 0.6) is 0 Å². The summed E-state index contributed by atoms with van der Waals surface area (Å²) in [5, 5.41) is 4.07. The van der Waals surface area contributed by atoms with E-state index in [-0.39, 0.29) is 11.4 Å². The van der Waals surface area contributed by atoms with E-state index in [1.807, 2.05) is 6.08 Å². The van der Waals surface area contributed by atoms with Crippen molar-refractivity contribution in [1.82, 2.24) is 14.7 Å². The lowest BCUT2D eigenvalue weighted by atomic mass is 10.2. The predicted octanol–water partition coefficient (Wildman–Crippen LogP) is 1.75. The quantitative estimate of drug-likeness (QED) is 0.858. The summed E-state index contributed by atoms with van der Waals surface area (Å²) < 4.78 is 14.2. The first-order chi connectivity index (χ1) is 11.6. The summed E-state index contributed by atoms with van der Waals surface area (Å²) in [5.74, 6) is -0.214. The molecule has 2 aromatic rings. The van der Waals surface area contributed by atoms with E-state index in [4.69, 9.17) is 0 Å². The number of hydrogen-bond donors (Lipinski definition) is 0. The van der Waals surface area contributed by atoms with Gasteiger partial charge >= 0.3 is 0 Å². The minimum Gasteiger partial charge on any atom is -0.368 e. The zero-order chi connectivity index (χ0) is 16.9. The van der Waals surface area contributed by atoms with Gasteiger partial charge in [-0.15, -0.1) is 0 Å². The number of rotatable bonds is 4. The summed E-state index contributed by atoms with van der Waals surface area (Å²) in [4.78, 5) is 16.2. The summed E-state index contributed by atoms with van der Waals surface area (Å²) in [7, 11) is 1.65. The van der Waals surface area contributed by atoms with Gasteiger partial charge in [-0.25, -0.2) is 9.07 Å². The molecule has 0 unspecified atom stereocenters. The molecule has 1 aliphatic heterocycles. The fourth-order valence-electron chi connectivity index (χ4n) is 2.73. The van der Waals surface area contributed by atoms with Crippen molar-refractivity contribution in [2.75, 3.05) is 37.6 Å². The Morgan fingerprint density at radius 1 is 1.17 bits per heavy atom. The second-order valence-electron chi connectivity index (χ2n) is 5.92. The van der Waals surface area contributed by atoms with Gasteiger partial charge in [0.2, 0.25) is 0 Å². The van der Waals surface area contributed by atoms with Crippen LogP contribution in [0.25, 0.3) is 6.08 Å². The number of aryl methyl sites for hydroxylation is 1. The highest BCUT2D eigenvalue weighted by molar-refractivity contribution is 5.49. The van der Waals surface area contributed by atoms with Gasteiger partial charge in [0.1, 0.15) is 5.82 Å².